The standard InChI is InChI=1S/C18H31N3O12P2/c1-9-7-21(11(3)20-17(9)24)15-6-13(22)14(31-15)8-29-34(25,26)33-35(27,28-4)32-18-16(23)12(19)5-10(2)30-18/h7,10,12-16,18,22-23H,3,5-6,8,19H2,1-2,4H3,(H,20,24)(H,25,26)/t10?,12-,13?,14+,15+,16?,18-,35?/m0/s1. The number of hydrogen-bond acceptors (Lipinski definition) is 13. The smallest absolute Gasteiger partial charge is 0.390 e. The van der Waals surface area contributed by atoms with Crippen LogP contribution < -0.4 is 11.1 Å². The van der Waals surface area contributed by atoms with E-state index in [1.54, 1.807) is 13.8 Å². The van der Waals surface area contributed by atoms with Gasteiger partial charge in [-0.15, -0.1) is 0 Å². The zero-order chi connectivity index (χ0) is 26.1. The molecule has 0 aromatic carbocycles. The summed E-state index contributed by atoms with van der Waals surface area (Å²) in [6, 6.07) is -0.761. The predicted molar refractivity (Wildman–Crippen MR) is 118 cm³/mol. The Kier molecular flexibility index (Phi) is 8.96. The van der Waals surface area contributed by atoms with Crippen molar-refractivity contribution in [1.29, 1.82) is 0 Å². The molecule has 0 radical (unpaired) electrons. The number of aliphatic hydroxyl groups is 2. The van der Waals surface area contributed by atoms with Gasteiger partial charge in [-0.2, -0.15) is 4.31 Å². The van der Waals surface area contributed by atoms with E-state index in [1.807, 2.05) is 0 Å². The molecule has 3 rings (SSSR count). The van der Waals surface area contributed by atoms with Crippen LogP contribution in [-0.2, 0) is 41.3 Å². The molecule has 2 fully saturated rings. The molecule has 5 unspecified atom stereocenters. The summed E-state index contributed by atoms with van der Waals surface area (Å²) in [7, 11) is -8.95. The second-order valence-corrected chi connectivity index (χ2v) is 11.7. The average molecular weight is 543 g/mol. The van der Waals surface area contributed by atoms with Crippen LogP contribution in [0.2, 0.25) is 0 Å². The highest BCUT2D eigenvalue weighted by Gasteiger charge is 2.46. The summed E-state index contributed by atoms with van der Waals surface area (Å²) in [6.07, 6.45) is -4.47. The first-order valence-electron chi connectivity index (χ1n) is 10.7. The Bertz CT molecular complexity index is 948. The van der Waals surface area contributed by atoms with Crippen molar-refractivity contribution < 1.29 is 56.4 Å². The first-order valence-corrected chi connectivity index (χ1v) is 13.6. The van der Waals surface area contributed by atoms with Crippen molar-refractivity contribution in [2.75, 3.05) is 13.7 Å². The minimum Gasteiger partial charge on any atom is -0.390 e. The lowest BCUT2D eigenvalue weighted by molar-refractivity contribution is -0.209. The summed E-state index contributed by atoms with van der Waals surface area (Å²) < 4.78 is 55.4. The lowest BCUT2D eigenvalue weighted by atomic mass is 10.0. The van der Waals surface area contributed by atoms with Crippen LogP contribution in [0, 0.1) is 0 Å². The normalized spacial score (nSPS) is 37.4. The van der Waals surface area contributed by atoms with Crippen LogP contribution >= 0.6 is 15.6 Å². The highest BCUT2D eigenvalue weighted by atomic mass is 31.3. The van der Waals surface area contributed by atoms with Crippen LogP contribution in [0.15, 0.2) is 24.2 Å². The van der Waals surface area contributed by atoms with Crippen molar-refractivity contribution in [2.24, 2.45) is 5.73 Å². The summed E-state index contributed by atoms with van der Waals surface area (Å²) >= 11 is 0. The molecule has 3 aliphatic rings. The zero-order valence-electron chi connectivity index (χ0n) is 19.4. The Labute approximate surface area is 202 Å². The number of amides is 1. The van der Waals surface area contributed by atoms with E-state index in [1.165, 1.54) is 11.1 Å². The maximum absolute atomic E-state index is 12.8. The highest BCUT2D eigenvalue weighted by molar-refractivity contribution is 7.61. The Hall–Kier alpha value is -1.19. The number of carbonyl (C=O) groups excluding carboxylic acids is 1. The van der Waals surface area contributed by atoms with Gasteiger partial charge in [-0.25, -0.2) is 9.13 Å². The van der Waals surface area contributed by atoms with Crippen molar-refractivity contribution in [1.82, 2.24) is 10.2 Å². The van der Waals surface area contributed by atoms with Gasteiger partial charge in [0.25, 0.3) is 5.91 Å². The monoisotopic (exact) mass is 543 g/mol. The molecular formula is C18H31N3O12P2. The van der Waals surface area contributed by atoms with Crippen LogP contribution in [0.4, 0.5) is 0 Å². The highest BCUT2D eigenvalue weighted by Crippen LogP contribution is 2.64. The number of rotatable bonds is 9. The minimum absolute atomic E-state index is 0.0678. The maximum Gasteiger partial charge on any atom is 0.485 e. The maximum atomic E-state index is 12.8. The number of nitrogens with one attached hydrogen (secondary N) is 1. The molecule has 0 aromatic rings. The number of nitrogens with zero attached hydrogens (tertiary/aromatic N) is 1. The van der Waals surface area contributed by atoms with Gasteiger partial charge in [0.1, 0.15) is 24.3 Å². The summed E-state index contributed by atoms with van der Waals surface area (Å²) in [5.74, 6) is -0.0923. The third kappa shape index (κ3) is 6.98. The first kappa shape index (κ1) is 28.4. The van der Waals surface area contributed by atoms with Gasteiger partial charge in [0.05, 0.1) is 18.8 Å². The molecule has 9 atom stereocenters. The van der Waals surface area contributed by atoms with E-state index in [0.29, 0.717) is 12.0 Å². The van der Waals surface area contributed by atoms with Gasteiger partial charge in [-0.3, -0.25) is 18.4 Å². The molecule has 0 bridgehead atoms. The number of aliphatic hydroxyl groups excluding tert-OH is 2. The molecule has 0 aliphatic carbocycles. The van der Waals surface area contributed by atoms with Crippen LogP contribution in [0.5, 0.6) is 0 Å². The van der Waals surface area contributed by atoms with Gasteiger partial charge in [0.2, 0.25) is 0 Å². The third-order valence-electron chi connectivity index (χ3n) is 5.52. The number of phosphoric ester groups is 2. The van der Waals surface area contributed by atoms with Gasteiger partial charge < -0.3 is 40.5 Å². The quantitative estimate of drug-likeness (QED) is 0.243. The Morgan fingerprint density at radius 1 is 1.31 bits per heavy atom. The van der Waals surface area contributed by atoms with Crippen molar-refractivity contribution in [3.8, 4) is 0 Å². The fourth-order valence-corrected chi connectivity index (χ4v) is 6.12. The van der Waals surface area contributed by atoms with Crippen LogP contribution in [-0.4, -0.2) is 82.6 Å². The molecule has 15 nitrogen and oxygen atoms in total. The van der Waals surface area contributed by atoms with Crippen LogP contribution in [0.25, 0.3) is 0 Å². The van der Waals surface area contributed by atoms with Gasteiger partial charge in [0, 0.05) is 31.3 Å². The molecule has 6 N–H and O–H groups in total. The van der Waals surface area contributed by atoms with E-state index in [2.05, 4.69) is 20.7 Å². The van der Waals surface area contributed by atoms with Crippen molar-refractivity contribution in [3.63, 3.8) is 0 Å². The summed E-state index contributed by atoms with van der Waals surface area (Å²) in [5.41, 5.74) is 6.17. The summed E-state index contributed by atoms with van der Waals surface area (Å²) in [5, 5.41) is 23.0. The van der Waals surface area contributed by atoms with Crippen LogP contribution in [0.1, 0.15) is 26.7 Å². The fraction of sp³-hybridized carbons (Fsp3) is 0.722. The molecule has 3 aliphatic heterocycles. The van der Waals surface area contributed by atoms with Gasteiger partial charge >= 0.3 is 15.6 Å². The van der Waals surface area contributed by atoms with E-state index >= 15 is 0 Å². The van der Waals surface area contributed by atoms with E-state index in [0.717, 1.165) is 7.11 Å². The number of ether oxygens (including phenoxy) is 2. The second kappa shape index (κ2) is 11.1. The number of nitrogens with two attached hydrogens (primary N) is 1. The Morgan fingerprint density at radius 3 is 2.66 bits per heavy atom. The van der Waals surface area contributed by atoms with Crippen molar-refractivity contribution >= 4 is 21.6 Å². The molecule has 0 saturated carbocycles. The molecule has 0 spiro atoms. The van der Waals surface area contributed by atoms with Gasteiger partial charge in [0.15, 0.2) is 6.29 Å². The number of hydrogen-bond donors (Lipinski definition) is 5. The topological polar surface area (TPSA) is 209 Å². The van der Waals surface area contributed by atoms with Crippen molar-refractivity contribution in [2.45, 2.75) is 69.7 Å². The van der Waals surface area contributed by atoms with Gasteiger partial charge in [-0.1, -0.05) is 6.58 Å². The van der Waals surface area contributed by atoms with Crippen molar-refractivity contribution in [3.05, 3.63) is 24.2 Å². The lowest BCUT2D eigenvalue weighted by Gasteiger charge is -2.36. The molecule has 1 amide bonds. The molecule has 3 heterocycles. The summed E-state index contributed by atoms with van der Waals surface area (Å²) in [4.78, 5) is 23.3. The van der Waals surface area contributed by atoms with E-state index in [4.69, 9.17) is 24.3 Å². The molecule has 200 valence electrons. The third-order valence-corrected chi connectivity index (χ3v) is 8.54. The SMILES string of the molecule is C=C1NC(=O)C(C)=CN1[C@H]1CC(O)[C@@H](COP(=O)(O)OP(=O)(OC)O[C@@H]2OC(C)C[C@H](N)C2O)O1. The number of phosphoric acid groups is 2. The molecule has 0 aromatic heterocycles. The van der Waals surface area contributed by atoms with Crippen LogP contribution in [0.3, 0.4) is 0 Å². The second-order valence-electron chi connectivity index (χ2n) is 8.34. The van der Waals surface area contributed by atoms with E-state index < -0.39 is 65.2 Å². The average Bonchev–Trinajstić information content (AvgIpc) is 3.12. The minimum atomic E-state index is -5.08. The predicted octanol–water partition coefficient (Wildman–Crippen LogP) is -0.00310. The zero-order valence-corrected chi connectivity index (χ0v) is 21.2. The number of carbonyl (C=O) groups is 1. The molecule has 35 heavy (non-hydrogen) atoms. The fourth-order valence-electron chi connectivity index (χ4n) is 3.65. The lowest BCUT2D eigenvalue weighted by Crippen LogP contribution is -2.52. The Balaban J connectivity index is 1.58. The van der Waals surface area contributed by atoms with Gasteiger partial charge in [-0.05, 0) is 20.3 Å². The molecule has 17 heteroatoms. The van der Waals surface area contributed by atoms with E-state index in [-0.39, 0.29) is 18.1 Å². The van der Waals surface area contributed by atoms with E-state index in [9.17, 15) is 29.0 Å². The molecule has 2 saturated heterocycles. The summed E-state index contributed by atoms with van der Waals surface area (Å²) in [6.45, 7) is 6.33. The Morgan fingerprint density at radius 2 is 2.00 bits per heavy atom. The largest absolute Gasteiger partial charge is 0.485 e. The molecular weight excluding hydrogens is 512 g/mol. The first-order chi connectivity index (χ1) is 16.2.